The van der Waals surface area contributed by atoms with Gasteiger partial charge in [-0.05, 0) is 42.8 Å². The second-order valence-corrected chi connectivity index (χ2v) is 7.17. The predicted octanol–water partition coefficient (Wildman–Crippen LogP) is 4.62. The Bertz CT molecular complexity index is 1090. The van der Waals surface area contributed by atoms with Crippen molar-refractivity contribution in [3.8, 4) is 0 Å². The van der Waals surface area contributed by atoms with Gasteiger partial charge in [0.05, 0.1) is 5.52 Å². The van der Waals surface area contributed by atoms with Gasteiger partial charge in [0.1, 0.15) is 11.6 Å². The first-order valence-corrected chi connectivity index (χ1v) is 9.86. The quantitative estimate of drug-likeness (QED) is 0.504. The smallest absolute Gasteiger partial charge is 0.133 e. The molecule has 0 bridgehead atoms. The summed E-state index contributed by atoms with van der Waals surface area (Å²) in [5, 5.41) is 4.66. The number of aryl methyl sites for hydroxylation is 1. The minimum atomic E-state index is 0.669. The van der Waals surface area contributed by atoms with Crippen LogP contribution in [0.25, 0.3) is 10.9 Å². The molecule has 0 saturated heterocycles. The van der Waals surface area contributed by atoms with E-state index in [1.165, 1.54) is 10.9 Å². The minimum Gasteiger partial charge on any atom is -0.366 e. The number of nitrogens with zero attached hydrogens (tertiary/aromatic N) is 4. The van der Waals surface area contributed by atoms with Crippen LogP contribution in [0.5, 0.6) is 0 Å². The van der Waals surface area contributed by atoms with E-state index in [9.17, 15) is 0 Å². The van der Waals surface area contributed by atoms with Crippen molar-refractivity contribution in [3.63, 3.8) is 0 Å². The summed E-state index contributed by atoms with van der Waals surface area (Å²) in [5.74, 6) is 1.86. The zero-order valence-corrected chi connectivity index (χ0v) is 16.8. The van der Waals surface area contributed by atoms with Gasteiger partial charge in [-0.3, -0.25) is 4.98 Å². The number of hydrogen-bond donors (Lipinski definition) is 1. The number of rotatable bonds is 7. The number of fused-ring (bicyclic) bond motifs is 1. The van der Waals surface area contributed by atoms with Gasteiger partial charge >= 0.3 is 0 Å². The molecule has 0 atom stereocenters. The normalized spacial score (nSPS) is 10.8. The van der Waals surface area contributed by atoms with Gasteiger partial charge in [-0.1, -0.05) is 30.3 Å². The number of nitrogens with one attached hydrogen (secondary N) is 1. The van der Waals surface area contributed by atoms with Crippen molar-refractivity contribution in [2.24, 2.45) is 0 Å². The highest BCUT2D eigenvalue weighted by molar-refractivity contribution is 5.83. The van der Waals surface area contributed by atoms with Crippen LogP contribution in [0, 0.1) is 6.92 Å². The Balaban J connectivity index is 1.47. The molecule has 29 heavy (non-hydrogen) atoms. The number of hydrogen-bond acceptors (Lipinski definition) is 5. The molecule has 0 aliphatic carbocycles. The molecule has 0 radical (unpaired) electrons. The fourth-order valence-electron chi connectivity index (χ4n) is 3.47. The van der Waals surface area contributed by atoms with Gasteiger partial charge in [-0.25, -0.2) is 9.97 Å². The third-order valence-electron chi connectivity index (χ3n) is 5.04. The van der Waals surface area contributed by atoms with Crippen LogP contribution in [0.3, 0.4) is 0 Å². The van der Waals surface area contributed by atoms with Gasteiger partial charge in [-0.15, -0.1) is 0 Å². The second kappa shape index (κ2) is 8.69. The van der Waals surface area contributed by atoms with Gasteiger partial charge in [-0.2, -0.15) is 0 Å². The maximum atomic E-state index is 4.75. The molecular formula is C24H25N5. The maximum Gasteiger partial charge on any atom is 0.133 e. The molecule has 0 amide bonds. The topological polar surface area (TPSA) is 53.9 Å². The fourth-order valence-corrected chi connectivity index (χ4v) is 3.47. The van der Waals surface area contributed by atoms with Crippen molar-refractivity contribution < 1.29 is 0 Å². The number of aromatic nitrogens is 3. The van der Waals surface area contributed by atoms with Crippen molar-refractivity contribution in [2.45, 2.75) is 19.9 Å². The molecule has 0 aliphatic rings. The van der Waals surface area contributed by atoms with E-state index in [0.717, 1.165) is 41.4 Å². The summed E-state index contributed by atoms with van der Waals surface area (Å²) in [4.78, 5) is 16.0. The molecule has 0 spiro atoms. The van der Waals surface area contributed by atoms with Crippen LogP contribution in [0.1, 0.15) is 16.8 Å². The summed E-state index contributed by atoms with van der Waals surface area (Å²) in [6.45, 7) is 3.65. The van der Waals surface area contributed by atoms with Gasteiger partial charge in [0, 0.05) is 55.6 Å². The Morgan fingerprint density at radius 3 is 2.62 bits per heavy atom. The summed E-state index contributed by atoms with van der Waals surface area (Å²) in [6, 6.07) is 20.4. The Kier molecular flexibility index (Phi) is 5.66. The maximum absolute atomic E-state index is 4.75. The van der Waals surface area contributed by atoms with E-state index in [0.29, 0.717) is 6.54 Å². The van der Waals surface area contributed by atoms with Crippen molar-refractivity contribution in [1.29, 1.82) is 0 Å². The molecule has 4 aromatic rings. The lowest BCUT2D eigenvalue weighted by atomic mass is 10.1. The van der Waals surface area contributed by atoms with E-state index in [4.69, 9.17) is 4.98 Å². The first-order chi connectivity index (χ1) is 14.2. The van der Waals surface area contributed by atoms with Gasteiger partial charge in [0.15, 0.2) is 0 Å². The van der Waals surface area contributed by atoms with Crippen molar-refractivity contribution in [2.75, 3.05) is 23.8 Å². The molecule has 0 unspecified atom stereocenters. The van der Waals surface area contributed by atoms with Crippen molar-refractivity contribution in [1.82, 2.24) is 15.0 Å². The van der Waals surface area contributed by atoms with Gasteiger partial charge < -0.3 is 10.2 Å². The van der Waals surface area contributed by atoms with Crippen LogP contribution in [0.2, 0.25) is 0 Å². The largest absolute Gasteiger partial charge is 0.366 e. The van der Waals surface area contributed by atoms with E-state index in [1.54, 1.807) is 0 Å². The molecule has 4 rings (SSSR count). The standard InChI is InChI=1S/C24H25N5/c1-18-16-23(28-22-11-4-3-10-21(18)22)27-17-19-8-7-14-26-24(19)29(2)15-12-20-9-5-6-13-25-20/h3-11,13-14,16H,12,15,17H2,1-2H3,(H,27,28). The monoisotopic (exact) mass is 383 g/mol. The SMILES string of the molecule is Cc1cc(NCc2cccnc2N(C)CCc2ccccn2)nc2ccccc12. The molecule has 5 nitrogen and oxygen atoms in total. The molecule has 5 heteroatoms. The van der Waals surface area contributed by atoms with E-state index in [2.05, 4.69) is 64.5 Å². The average molecular weight is 383 g/mol. The van der Waals surface area contributed by atoms with Gasteiger partial charge in [0.2, 0.25) is 0 Å². The highest BCUT2D eigenvalue weighted by Gasteiger charge is 2.10. The number of pyridine rings is 3. The molecule has 3 aromatic heterocycles. The van der Waals surface area contributed by atoms with E-state index in [1.807, 2.05) is 42.7 Å². The van der Waals surface area contributed by atoms with Crippen molar-refractivity contribution in [3.05, 3.63) is 89.9 Å². The number of anilines is 2. The lowest BCUT2D eigenvalue weighted by molar-refractivity contribution is 0.831. The van der Waals surface area contributed by atoms with Crippen molar-refractivity contribution >= 4 is 22.5 Å². The first-order valence-electron chi connectivity index (χ1n) is 9.86. The minimum absolute atomic E-state index is 0.669. The molecule has 3 heterocycles. The predicted molar refractivity (Wildman–Crippen MR) is 119 cm³/mol. The highest BCUT2D eigenvalue weighted by Crippen LogP contribution is 2.22. The molecule has 0 saturated carbocycles. The fraction of sp³-hybridized carbons (Fsp3) is 0.208. The summed E-state index contributed by atoms with van der Waals surface area (Å²) < 4.78 is 0. The summed E-state index contributed by atoms with van der Waals surface area (Å²) in [7, 11) is 2.08. The second-order valence-electron chi connectivity index (χ2n) is 7.17. The first kappa shape index (κ1) is 18.9. The van der Waals surface area contributed by atoms with Crippen LogP contribution in [0.15, 0.2) is 73.1 Å². The molecule has 146 valence electrons. The number of para-hydroxylation sites is 1. The molecule has 1 aromatic carbocycles. The summed E-state index contributed by atoms with van der Waals surface area (Å²) in [5.41, 5.74) is 4.46. The van der Waals surface area contributed by atoms with Crippen LogP contribution in [0.4, 0.5) is 11.6 Å². The Morgan fingerprint density at radius 2 is 1.76 bits per heavy atom. The van der Waals surface area contributed by atoms with Crippen LogP contribution in [-0.2, 0) is 13.0 Å². The van der Waals surface area contributed by atoms with E-state index >= 15 is 0 Å². The zero-order valence-electron chi connectivity index (χ0n) is 16.8. The van der Waals surface area contributed by atoms with E-state index < -0.39 is 0 Å². The Labute approximate surface area is 171 Å². The lowest BCUT2D eigenvalue weighted by Crippen LogP contribution is -2.23. The van der Waals surface area contributed by atoms with Crippen LogP contribution >= 0.6 is 0 Å². The molecule has 1 N–H and O–H groups in total. The molecular weight excluding hydrogens is 358 g/mol. The summed E-state index contributed by atoms with van der Waals surface area (Å²) in [6.07, 6.45) is 4.56. The van der Waals surface area contributed by atoms with E-state index in [-0.39, 0.29) is 0 Å². The number of likely N-dealkylation sites (N-methyl/N-ethyl adjacent to an activating group) is 1. The highest BCUT2D eigenvalue weighted by atomic mass is 15.2. The third kappa shape index (κ3) is 4.51. The molecule has 0 aliphatic heterocycles. The van der Waals surface area contributed by atoms with Gasteiger partial charge in [0.25, 0.3) is 0 Å². The average Bonchev–Trinajstić information content (AvgIpc) is 2.77. The van der Waals surface area contributed by atoms with Crippen LogP contribution < -0.4 is 10.2 Å². The summed E-state index contributed by atoms with van der Waals surface area (Å²) >= 11 is 0. The zero-order chi connectivity index (χ0) is 20.1. The Hall–Kier alpha value is -3.47. The molecule has 0 fully saturated rings. The Morgan fingerprint density at radius 1 is 0.931 bits per heavy atom. The van der Waals surface area contributed by atoms with Crippen LogP contribution in [-0.4, -0.2) is 28.5 Å². The number of benzene rings is 1. The lowest BCUT2D eigenvalue weighted by Gasteiger charge is -2.21. The third-order valence-corrected chi connectivity index (χ3v) is 5.04.